The van der Waals surface area contributed by atoms with E-state index in [-0.39, 0.29) is 11.3 Å². The largest absolute Gasteiger partial charge is 0.350 e. The third-order valence-corrected chi connectivity index (χ3v) is 6.69. The van der Waals surface area contributed by atoms with E-state index in [1.165, 1.54) is 83.5 Å². The summed E-state index contributed by atoms with van der Waals surface area (Å²) in [7, 11) is 0. The molecule has 2 rings (SSSR count). The molecule has 2 aliphatic rings. The third-order valence-electron chi connectivity index (χ3n) is 5.48. The molecule has 3 atom stereocenters. The van der Waals surface area contributed by atoms with Gasteiger partial charge < -0.3 is 5.32 Å². The Labute approximate surface area is 153 Å². The summed E-state index contributed by atoms with van der Waals surface area (Å²) in [5.41, 5.74) is 0. The van der Waals surface area contributed by atoms with E-state index in [1.54, 1.807) is 0 Å². The van der Waals surface area contributed by atoms with Crippen molar-refractivity contribution in [2.75, 3.05) is 5.75 Å². The highest BCUT2D eigenvalue weighted by atomic mass is 32.2. The predicted molar refractivity (Wildman–Crippen MR) is 105 cm³/mol. The number of hydrogen-bond acceptors (Lipinski definition) is 3. The standard InChI is InChI=1S/C20H38N2OS/c1-2-3-4-5-6-7-8-9-10-13-16-24-20-19(23)21-17-14-11-12-15-18(17)22-20/h17-18,20,22H,2-16H2,1H3,(H,21,23)/t17-,18-,20?/m0/s1. The van der Waals surface area contributed by atoms with Crippen molar-refractivity contribution in [3.05, 3.63) is 0 Å². The Balaban J connectivity index is 1.44. The minimum absolute atomic E-state index is 0.0112. The zero-order valence-electron chi connectivity index (χ0n) is 15.7. The van der Waals surface area contributed by atoms with Crippen LogP contribution < -0.4 is 10.6 Å². The average Bonchev–Trinajstić information content (AvgIpc) is 2.60. The Morgan fingerprint density at radius 2 is 1.46 bits per heavy atom. The van der Waals surface area contributed by atoms with Gasteiger partial charge in [-0.25, -0.2) is 0 Å². The highest BCUT2D eigenvalue weighted by molar-refractivity contribution is 8.00. The Morgan fingerprint density at radius 3 is 2.12 bits per heavy atom. The average molecular weight is 355 g/mol. The van der Waals surface area contributed by atoms with E-state index in [9.17, 15) is 4.79 Å². The lowest BCUT2D eigenvalue weighted by Gasteiger charge is -2.40. The van der Waals surface area contributed by atoms with Crippen LogP contribution in [0.1, 0.15) is 96.8 Å². The minimum atomic E-state index is -0.0112. The molecule has 0 bridgehead atoms. The first-order valence-corrected chi connectivity index (χ1v) is 11.5. The first kappa shape index (κ1) is 20.1. The number of thioether (sulfide) groups is 1. The second kappa shape index (κ2) is 12.2. The van der Waals surface area contributed by atoms with Gasteiger partial charge in [0, 0.05) is 12.1 Å². The number of rotatable bonds is 12. The summed E-state index contributed by atoms with van der Waals surface area (Å²) in [6, 6.07) is 0.905. The predicted octanol–water partition coefficient (Wildman–Crippen LogP) is 5.00. The number of unbranched alkanes of at least 4 members (excludes halogenated alkanes) is 9. The molecule has 1 aliphatic carbocycles. The number of carbonyl (C=O) groups excluding carboxylic acids is 1. The van der Waals surface area contributed by atoms with Gasteiger partial charge in [-0.3, -0.25) is 10.1 Å². The minimum Gasteiger partial charge on any atom is -0.350 e. The molecule has 1 saturated carbocycles. The first-order chi connectivity index (χ1) is 11.8. The lowest BCUT2D eigenvalue weighted by atomic mass is 9.89. The molecule has 1 saturated heterocycles. The second-order valence-electron chi connectivity index (χ2n) is 7.61. The summed E-state index contributed by atoms with van der Waals surface area (Å²) in [4.78, 5) is 12.2. The Bertz CT molecular complexity index is 351. The van der Waals surface area contributed by atoms with Gasteiger partial charge in [-0.15, -0.1) is 11.8 Å². The number of amides is 1. The van der Waals surface area contributed by atoms with Crippen molar-refractivity contribution < 1.29 is 4.79 Å². The van der Waals surface area contributed by atoms with Crippen LogP contribution in [-0.4, -0.2) is 29.1 Å². The van der Waals surface area contributed by atoms with Gasteiger partial charge in [0.05, 0.1) is 0 Å². The van der Waals surface area contributed by atoms with E-state index in [1.807, 2.05) is 11.8 Å². The third kappa shape index (κ3) is 7.35. The van der Waals surface area contributed by atoms with Crippen molar-refractivity contribution in [1.29, 1.82) is 0 Å². The van der Waals surface area contributed by atoms with Gasteiger partial charge in [0.1, 0.15) is 5.37 Å². The topological polar surface area (TPSA) is 41.1 Å². The Morgan fingerprint density at radius 1 is 0.875 bits per heavy atom. The maximum absolute atomic E-state index is 12.2. The highest BCUT2D eigenvalue weighted by Crippen LogP contribution is 2.25. The fraction of sp³-hybridized carbons (Fsp3) is 0.950. The van der Waals surface area contributed by atoms with Crippen molar-refractivity contribution in [3.63, 3.8) is 0 Å². The summed E-state index contributed by atoms with van der Waals surface area (Å²) in [5.74, 6) is 1.33. The van der Waals surface area contributed by atoms with Gasteiger partial charge in [-0.05, 0) is 25.0 Å². The van der Waals surface area contributed by atoms with Crippen LogP contribution in [0.4, 0.5) is 0 Å². The number of nitrogens with one attached hydrogen (secondary N) is 2. The lowest BCUT2D eigenvalue weighted by molar-refractivity contribution is -0.124. The van der Waals surface area contributed by atoms with E-state index in [2.05, 4.69) is 17.6 Å². The molecule has 0 aromatic heterocycles. The van der Waals surface area contributed by atoms with Crippen LogP contribution in [0.3, 0.4) is 0 Å². The van der Waals surface area contributed by atoms with Crippen molar-refractivity contribution in [2.24, 2.45) is 0 Å². The fourth-order valence-corrected chi connectivity index (χ4v) is 5.04. The van der Waals surface area contributed by atoms with Crippen LogP contribution >= 0.6 is 11.8 Å². The van der Waals surface area contributed by atoms with E-state index in [4.69, 9.17) is 0 Å². The van der Waals surface area contributed by atoms with Crippen LogP contribution in [0.2, 0.25) is 0 Å². The van der Waals surface area contributed by atoms with Gasteiger partial charge in [0.2, 0.25) is 5.91 Å². The summed E-state index contributed by atoms with van der Waals surface area (Å²) in [5, 5.41) is 6.82. The van der Waals surface area contributed by atoms with E-state index < -0.39 is 0 Å². The molecule has 24 heavy (non-hydrogen) atoms. The second-order valence-corrected chi connectivity index (χ2v) is 8.82. The quantitative estimate of drug-likeness (QED) is 0.485. The molecule has 4 heteroatoms. The van der Waals surface area contributed by atoms with E-state index in [0.717, 1.165) is 12.2 Å². The van der Waals surface area contributed by atoms with Gasteiger partial charge in [-0.2, -0.15) is 0 Å². The zero-order valence-corrected chi connectivity index (χ0v) is 16.5. The smallest absolute Gasteiger partial charge is 0.247 e. The Hall–Kier alpha value is -0.220. The molecule has 0 radical (unpaired) electrons. The normalized spacial score (nSPS) is 26.9. The maximum atomic E-state index is 12.2. The molecule has 1 aliphatic heterocycles. The van der Waals surface area contributed by atoms with Crippen LogP contribution in [0.15, 0.2) is 0 Å². The molecule has 0 spiro atoms. The van der Waals surface area contributed by atoms with E-state index in [0.29, 0.717) is 12.1 Å². The number of hydrogen-bond donors (Lipinski definition) is 2. The summed E-state index contributed by atoms with van der Waals surface area (Å²) < 4.78 is 0. The highest BCUT2D eigenvalue weighted by Gasteiger charge is 2.36. The summed E-state index contributed by atoms with van der Waals surface area (Å²) in [6.07, 6.45) is 18.7. The van der Waals surface area contributed by atoms with Crippen LogP contribution in [0.5, 0.6) is 0 Å². The molecule has 0 aromatic rings. The Kier molecular flexibility index (Phi) is 10.2. The van der Waals surface area contributed by atoms with Crippen LogP contribution in [0.25, 0.3) is 0 Å². The van der Waals surface area contributed by atoms with Gasteiger partial charge >= 0.3 is 0 Å². The van der Waals surface area contributed by atoms with Crippen molar-refractivity contribution in [3.8, 4) is 0 Å². The van der Waals surface area contributed by atoms with Crippen molar-refractivity contribution in [1.82, 2.24) is 10.6 Å². The summed E-state index contributed by atoms with van der Waals surface area (Å²) >= 11 is 1.82. The van der Waals surface area contributed by atoms with Crippen molar-refractivity contribution >= 4 is 17.7 Å². The molecule has 140 valence electrons. The molecule has 2 N–H and O–H groups in total. The van der Waals surface area contributed by atoms with Crippen LogP contribution in [0, 0.1) is 0 Å². The van der Waals surface area contributed by atoms with Gasteiger partial charge in [0.25, 0.3) is 0 Å². The number of carbonyl (C=O) groups is 1. The molecule has 1 heterocycles. The first-order valence-electron chi connectivity index (χ1n) is 10.5. The molecular weight excluding hydrogens is 316 g/mol. The molecule has 0 aromatic carbocycles. The molecule has 3 nitrogen and oxygen atoms in total. The van der Waals surface area contributed by atoms with E-state index >= 15 is 0 Å². The van der Waals surface area contributed by atoms with Gasteiger partial charge in [-0.1, -0.05) is 77.6 Å². The van der Waals surface area contributed by atoms with Crippen molar-refractivity contribution in [2.45, 2.75) is 114 Å². The number of piperazine rings is 1. The summed E-state index contributed by atoms with van der Waals surface area (Å²) in [6.45, 7) is 2.28. The zero-order chi connectivity index (χ0) is 17.0. The molecule has 1 unspecified atom stereocenters. The molecular formula is C20H38N2OS. The maximum Gasteiger partial charge on any atom is 0.247 e. The number of fused-ring (bicyclic) bond motifs is 1. The van der Waals surface area contributed by atoms with Gasteiger partial charge in [0.15, 0.2) is 0 Å². The fourth-order valence-electron chi connectivity index (χ4n) is 3.95. The SMILES string of the molecule is CCCCCCCCCCCCSC1N[C@H]2CCCC[C@@H]2NC1=O. The van der Waals surface area contributed by atoms with Crippen LogP contribution in [-0.2, 0) is 4.79 Å². The molecule has 2 fully saturated rings. The lowest BCUT2D eigenvalue weighted by Crippen LogP contribution is -2.63. The monoisotopic (exact) mass is 354 g/mol. The molecule has 1 amide bonds.